The lowest BCUT2D eigenvalue weighted by molar-refractivity contribution is -0.147. The number of phenolic OH excluding ortho intramolecular Hbond substituents is 1. The number of carbonyl (C=O) groups is 1. The van der Waals surface area contributed by atoms with Crippen LogP contribution in [0.3, 0.4) is 0 Å². The lowest BCUT2D eigenvalue weighted by atomic mass is 9.85. The van der Waals surface area contributed by atoms with Crippen molar-refractivity contribution in [2.75, 3.05) is 6.79 Å². The maximum Gasteiger partial charge on any atom is 0.305 e. The van der Waals surface area contributed by atoms with Crippen molar-refractivity contribution >= 4 is 5.97 Å². The lowest BCUT2D eigenvalue weighted by Crippen LogP contribution is -2.11. The molecular weight excluding hydrogens is 316 g/mol. The fourth-order valence-electron chi connectivity index (χ4n) is 3.35. The summed E-state index contributed by atoms with van der Waals surface area (Å²) in [5.41, 5.74) is 2.86. The number of carbonyl (C=O) groups excluding carboxylic acids is 1. The van der Waals surface area contributed by atoms with Gasteiger partial charge in [0.15, 0.2) is 0 Å². The summed E-state index contributed by atoms with van der Waals surface area (Å²) in [4.78, 5) is 11.0. The van der Waals surface area contributed by atoms with E-state index >= 15 is 0 Å². The Morgan fingerprint density at radius 3 is 2.80 bits per heavy atom. The topological polar surface area (TPSA) is 55.8 Å². The highest BCUT2D eigenvalue weighted by molar-refractivity contribution is 5.65. The van der Waals surface area contributed by atoms with Crippen LogP contribution in [0.4, 0.5) is 0 Å². The Morgan fingerprint density at radius 1 is 1.36 bits per heavy atom. The maximum absolute atomic E-state index is 11.0. The van der Waals surface area contributed by atoms with Gasteiger partial charge in [0, 0.05) is 18.4 Å². The number of allylic oxidation sites excluding steroid dienone is 2. The SMILES string of the molecule is CCCCCc1cc(OCOC(C)=O)c(C2C=CCCC2)c(O)c1C. The smallest absolute Gasteiger partial charge is 0.305 e. The monoisotopic (exact) mass is 346 g/mol. The van der Waals surface area contributed by atoms with Gasteiger partial charge in [0.05, 0.1) is 0 Å². The average Bonchev–Trinajstić information content (AvgIpc) is 2.60. The van der Waals surface area contributed by atoms with E-state index in [4.69, 9.17) is 9.47 Å². The van der Waals surface area contributed by atoms with E-state index in [9.17, 15) is 9.90 Å². The van der Waals surface area contributed by atoms with Crippen molar-refractivity contribution in [3.05, 3.63) is 34.9 Å². The van der Waals surface area contributed by atoms with Crippen molar-refractivity contribution in [1.29, 1.82) is 0 Å². The third kappa shape index (κ3) is 5.25. The Labute approximate surface area is 150 Å². The lowest BCUT2D eigenvalue weighted by Gasteiger charge is -2.24. The van der Waals surface area contributed by atoms with Gasteiger partial charge in [-0.3, -0.25) is 4.79 Å². The van der Waals surface area contributed by atoms with Gasteiger partial charge in [-0.2, -0.15) is 0 Å². The van der Waals surface area contributed by atoms with Gasteiger partial charge in [-0.15, -0.1) is 0 Å². The van der Waals surface area contributed by atoms with Crippen molar-refractivity contribution in [3.63, 3.8) is 0 Å². The molecule has 0 radical (unpaired) electrons. The molecule has 0 aliphatic heterocycles. The first-order valence-corrected chi connectivity index (χ1v) is 9.32. The summed E-state index contributed by atoms with van der Waals surface area (Å²) in [6, 6.07) is 2.02. The molecule has 0 bridgehead atoms. The minimum absolute atomic E-state index is 0.129. The Kier molecular flexibility index (Phi) is 7.35. The molecule has 2 rings (SSSR count). The Morgan fingerprint density at radius 2 is 2.16 bits per heavy atom. The highest BCUT2D eigenvalue weighted by atomic mass is 16.7. The van der Waals surface area contributed by atoms with Crippen molar-refractivity contribution < 1.29 is 19.4 Å². The van der Waals surface area contributed by atoms with E-state index in [0.29, 0.717) is 11.5 Å². The summed E-state index contributed by atoms with van der Waals surface area (Å²) in [6.07, 6.45) is 11.8. The van der Waals surface area contributed by atoms with Crippen LogP contribution in [-0.2, 0) is 16.0 Å². The van der Waals surface area contributed by atoms with Crippen LogP contribution in [0.5, 0.6) is 11.5 Å². The Balaban J connectivity index is 2.33. The van der Waals surface area contributed by atoms with Crippen LogP contribution in [-0.4, -0.2) is 17.9 Å². The van der Waals surface area contributed by atoms with Crippen molar-refractivity contribution in [2.24, 2.45) is 0 Å². The summed E-state index contributed by atoms with van der Waals surface area (Å²) in [5.74, 6) is 0.721. The number of phenols is 1. The predicted octanol–water partition coefficient (Wildman–Crippen LogP) is 5.16. The van der Waals surface area contributed by atoms with Crippen LogP contribution in [0.25, 0.3) is 0 Å². The molecule has 1 N–H and O–H groups in total. The summed E-state index contributed by atoms with van der Waals surface area (Å²) in [6.45, 7) is 5.38. The van der Waals surface area contributed by atoms with Gasteiger partial charge in [0.25, 0.3) is 0 Å². The minimum Gasteiger partial charge on any atom is -0.507 e. The van der Waals surface area contributed by atoms with Crippen LogP contribution in [0.15, 0.2) is 18.2 Å². The summed E-state index contributed by atoms with van der Waals surface area (Å²) >= 11 is 0. The minimum atomic E-state index is -0.376. The molecule has 0 heterocycles. The van der Waals surface area contributed by atoms with Crippen LogP contribution in [0.2, 0.25) is 0 Å². The maximum atomic E-state index is 11.0. The summed E-state index contributed by atoms with van der Waals surface area (Å²) < 4.78 is 10.7. The molecule has 0 spiro atoms. The first-order chi connectivity index (χ1) is 12.0. The second kappa shape index (κ2) is 9.50. The zero-order chi connectivity index (χ0) is 18.2. The number of unbranched alkanes of at least 4 members (excludes halogenated alkanes) is 2. The molecule has 1 aromatic rings. The fourth-order valence-corrected chi connectivity index (χ4v) is 3.35. The van der Waals surface area contributed by atoms with E-state index in [2.05, 4.69) is 19.1 Å². The van der Waals surface area contributed by atoms with Gasteiger partial charge >= 0.3 is 5.97 Å². The molecule has 0 fully saturated rings. The molecule has 1 aliphatic rings. The number of hydrogen-bond acceptors (Lipinski definition) is 4. The van der Waals surface area contributed by atoms with Gasteiger partial charge in [-0.1, -0.05) is 31.9 Å². The van der Waals surface area contributed by atoms with E-state index < -0.39 is 0 Å². The molecule has 25 heavy (non-hydrogen) atoms. The Hall–Kier alpha value is -1.97. The second-order valence-electron chi connectivity index (χ2n) is 6.74. The molecule has 4 nitrogen and oxygen atoms in total. The number of rotatable bonds is 8. The number of benzene rings is 1. The normalized spacial score (nSPS) is 16.7. The van der Waals surface area contributed by atoms with Crippen molar-refractivity contribution in [2.45, 2.75) is 71.6 Å². The molecule has 4 heteroatoms. The number of esters is 1. The molecule has 1 atom stereocenters. The van der Waals surface area contributed by atoms with E-state index in [1.807, 2.05) is 13.0 Å². The molecule has 0 aromatic heterocycles. The highest BCUT2D eigenvalue weighted by Crippen LogP contribution is 2.43. The first-order valence-electron chi connectivity index (χ1n) is 9.32. The van der Waals surface area contributed by atoms with Crippen LogP contribution in [0, 0.1) is 6.92 Å². The number of aromatic hydroxyl groups is 1. The molecule has 1 unspecified atom stereocenters. The zero-order valence-electron chi connectivity index (χ0n) is 15.6. The predicted molar refractivity (Wildman–Crippen MR) is 99.1 cm³/mol. The molecular formula is C21H30O4. The number of hydrogen-bond donors (Lipinski definition) is 1. The summed E-state index contributed by atoms with van der Waals surface area (Å²) in [7, 11) is 0. The molecule has 0 saturated carbocycles. The van der Waals surface area contributed by atoms with E-state index in [1.54, 1.807) is 0 Å². The van der Waals surface area contributed by atoms with E-state index in [0.717, 1.165) is 61.6 Å². The van der Waals surface area contributed by atoms with Gasteiger partial charge in [0.1, 0.15) is 11.5 Å². The molecule has 1 aromatic carbocycles. The highest BCUT2D eigenvalue weighted by Gasteiger charge is 2.23. The molecule has 0 saturated heterocycles. The first kappa shape index (κ1) is 19.4. The zero-order valence-corrected chi connectivity index (χ0v) is 15.6. The fraction of sp³-hybridized carbons (Fsp3) is 0.571. The number of ether oxygens (including phenoxy) is 2. The van der Waals surface area contributed by atoms with Crippen LogP contribution < -0.4 is 4.74 Å². The van der Waals surface area contributed by atoms with Gasteiger partial charge in [-0.05, 0) is 56.2 Å². The third-order valence-corrected chi connectivity index (χ3v) is 4.81. The van der Waals surface area contributed by atoms with Crippen molar-refractivity contribution in [3.8, 4) is 11.5 Å². The molecule has 0 amide bonds. The third-order valence-electron chi connectivity index (χ3n) is 4.81. The molecule has 1 aliphatic carbocycles. The summed E-state index contributed by atoms with van der Waals surface area (Å²) in [5, 5.41) is 10.9. The van der Waals surface area contributed by atoms with Gasteiger partial charge in [0.2, 0.25) is 6.79 Å². The molecule has 138 valence electrons. The standard InChI is InChI=1S/C21H30O4/c1-4-5-7-12-18-13-19(25-14-24-16(3)22)20(21(23)15(18)2)17-10-8-6-9-11-17/h8,10,13,17,23H,4-7,9,11-12,14H2,1-3H3. The van der Waals surface area contributed by atoms with Crippen LogP contribution >= 0.6 is 0 Å². The number of aryl methyl sites for hydroxylation is 1. The van der Waals surface area contributed by atoms with Crippen LogP contribution in [0.1, 0.15) is 75.0 Å². The second-order valence-corrected chi connectivity index (χ2v) is 6.74. The van der Waals surface area contributed by atoms with E-state index in [-0.39, 0.29) is 18.7 Å². The Bertz CT molecular complexity index is 619. The largest absolute Gasteiger partial charge is 0.507 e. The van der Waals surface area contributed by atoms with Gasteiger partial charge < -0.3 is 14.6 Å². The van der Waals surface area contributed by atoms with E-state index in [1.165, 1.54) is 6.92 Å². The van der Waals surface area contributed by atoms with Gasteiger partial charge in [-0.25, -0.2) is 0 Å². The van der Waals surface area contributed by atoms with Crippen molar-refractivity contribution in [1.82, 2.24) is 0 Å². The average molecular weight is 346 g/mol. The quantitative estimate of drug-likeness (QED) is 0.306.